The third-order valence-electron chi connectivity index (χ3n) is 6.39. The summed E-state index contributed by atoms with van der Waals surface area (Å²) in [5.74, 6) is 0. The van der Waals surface area contributed by atoms with E-state index in [-0.39, 0.29) is 0 Å². The van der Waals surface area contributed by atoms with Gasteiger partial charge in [-0.25, -0.2) is 9.59 Å². The molecule has 12 heteroatoms. The highest BCUT2D eigenvalue weighted by molar-refractivity contribution is 8.62. The summed E-state index contributed by atoms with van der Waals surface area (Å²) in [5, 5.41) is 8.03. The zero-order valence-electron chi connectivity index (χ0n) is 23.0. The predicted octanol–water partition coefficient (Wildman–Crippen LogP) is 5.52. The van der Waals surface area contributed by atoms with Crippen LogP contribution in [0.3, 0.4) is 0 Å². The van der Waals surface area contributed by atoms with Gasteiger partial charge in [-0.3, -0.25) is 9.44 Å². The zero-order valence-corrected chi connectivity index (χ0v) is 26.5. The van der Waals surface area contributed by atoms with Crippen LogP contribution in [0.4, 0.5) is 9.59 Å². The standard InChI is InChI=1S/C30H32N4O4P2S2/c1-23(31-29(35)33-41-39(37,25-15-7-3-8-16-25)26-17-9-4-10-18-26)24(2)32-30(36)34-42-40(38,27-19-11-5-12-20-27)28-21-13-6-14-22-28/h3-24H,1-2H3,(H2,31,33,35)(H2,32,34,36). The molecule has 0 saturated carbocycles. The molecule has 2 atom stereocenters. The average molecular weight is 639 g/mol. The molecule has 4 amide bonds. The van der Waals surface area contributed by atoms with Gasteiger partial charge in [0.05, 0.1) is 0 Å². The Hall–Kier alpha value is -3.42. The number of benzene rings is 4. The molecule has 4 N–H and O–H groups in total. The molecule has 0 aliphatic rings. The van der Waals surface area contributed by atoms with E-state index < -0.39 is 36.8 Å². The highest BCUT2D eigenvalue weighted by atomic mass is 32.7. The third kappa shape index (κ3) is 7.90. The largest absolute Gasteiger partial charge is 0.333 e. The molecule has 4 aromatic rings. The molecular formula is C30H32N4O4P2S2. The highest BCUT2D eigenvalue weighted by Crippen LogP contribution is 2.55. The lowest BCUT2D eigenvalue weighted by Gasteiger charge is -2.24. The molecule has 0 bridgehead atoms. The van der Waals surface area contributed by atoms with Crippen LogP contribution >= 0.6 is 35.8 Å². The van der Waals surface area contributed by atoms with Crippen LogP contribution in [-0.4, -0.2) is 24.1 Å². The van der Waals surface area contributed by atoms with Crippen molar-refractivity contribution in [2.45, 2.75) is 25.9 Å². The van der Waals surface area contributed by atoms with Gasteiger partial charge in [-0.1, -0.05) is 121 Å². The molecule has 0 fully saturated rings. The van der Waals surface area contributed by atoms with Crippen LogP contribution in [0.2, 0.25) is 0 Å². The molecule has 0 aliphatic heterocycles. The van der Waals surface area contributed by atoms with Crippen molar-refractivity contribution in [3.8, 4) is 0 Å². The van der Waals surface area contributed by atoms with Gasteiger partial charge >= 0.3 is 12.1 Å². The van der Waals surface area contributed by atoms with Crippen molar-refractivity contribution in [2.24, 2.45) is 0 Å². The maximum Gasteiger partial charge on any atom is 0.325 e. The van der Waals surface area contributed by atoms with E-state index in [1.165, 1.54) is 0 Å². The Balaban J connectivity index is 1.34. The number of carbonyl (C=O) groups is 2. The summed E-state index contributed by atoms with van der Waals surface area (Å²) in [6.07, 6.45) is -6.42. The van der Waals surface area contributed by atoms with E-state index in [1.54, 1.807) is 62.4 Å². The molecule has 0 aliphatic carbocycles. The van der Waals surface area contributed by atoms with Gasteiger partial charge in [0.25, 0.3) is 0 Å². The molecule has 8 nitrogen and oxygen atoms in total. The van der Waals surface area contributed by atoms with Gasteiger partial charge in [0.1, 0.15) is 0 Å². The van der Waals surface area contributed by atoms with E-state index >= 15 is 0 Å². The molecule has 0 spiro atoms. The number of hydrogen-bond donors (Lipinski definition) is 4. The fourth-order valence-electron chi connectivity index (χ4n) is 3.94. The lowest BCUT2D eigenvalue weighted by atomic mass is 10.2. The van der Waals surface area contributed by atoms with E-state index in [1.807, 2.05) is 72.8 Å². The fourth-order valence-corrected chi connectivity index (χ4v) is 11.8. The zero-order chi connectivity index (χ0) is 30.0. The second-order valence-corrected chi connectivity index (χ2v) is 18.6. The molecule has 0 heterocycles. The Morgan fingerprint density at radius 2 is 0.738 bits per heavy atom. The van der Waals surface area contributed by atoms with Crippen molar-refractivity contribution in [1.82, 2.24) is 20.1 Å². The van der Waals surface area contributed by atoms with Crippen molar-refractivity contribution >= 4 is 69.1 Å². The van der Waals surface area contributed by atoms with Crippen LogP contribution in [0.1, 0.15) is 13.8 Å². The Morgan fingerprint density at radius 1 is 0.500 bits per heavy atom. The topological polar surface area (TPSA) is 116 Å². The maximum absolute atomic E-state index is 14.1. The first-order chi connectivity index (χ1) is 20.2. The van der Waals surface area contributed by atoms with Gasteiger partial charge in [-0.2, -0.15) is 0 Å². The summed E-state index contributed by atoms with van der Waals surface area (Å²) in [6, 6.07) is 34.0. The molecule has 2 unspecified atom stereocenters. The van der Waals surface area contributed by atoms with Crippen molar-refractivity contribution in [1.29, 1.82) is 0 Å². The Kier molecular flexibility index (Phi) is 11.0. The number of carbonyl (C=O) groups excluding carboxylic acids is 2. The molecular weight excluding hydrogens is 606 g/mol. The minimum absolute atomic E-state index is 0.482. The molecule has 0 radical (unpaired) electrons. The van der Waals surface area contributed by atoms with Crippen molar-refractivity contribution in [3.63, 3.8) is 0 Å². The number of urea groups is 2. The summed E-state index contributed by atoms with van der Waals surface area (Å²) in [7, 11) is 0. The fraction of sp³-hybridized carbons (Fsp3) is 0.133. The van der Waals surface area contributed by atoms with Gasteiger partial charge in [0.2, 0.25) is 12.7 Å². The van der Waals surface area contributed by atoms with Crippen LogP contribution in [-0.2, 0) is 9.13 Å². The van der Waals surface area contributed by atoms with Crippen LogP contribution in [0.25, 0.3) is 0 Å². The molecule has 4 aromatic carbocycles. The van der Waals surface area contributed by atoms with Crippen LogP contribution in [0.15, 0.2) is 121 Å². The Labute approximate surface area is 254 Å². The first kappa shape index (κ1) is 31.5. The summed E-state index contributed by atoms with van der Waals surface area (Å²) in [6.45, 7) is 3.49. The molecule has 4 rings (SSSR count). The monoisotopic (exact) mass is 638 g/mol. The summed E-state index contributed by atoms with van der Waals surface area (Å²) in [4.78, 5) is 25.6. The Bertz CT molecular complexity index is 1360. The average Bonchev–Trinajstić information content (AvgIpc) is 3.04. The quantitative estimate of drug-likeness (QED) is 0.127. The maximum atomic E-state index is 14.1. The second-order valence-electron chi connectivity index (χ2n) is 9.36. The molecule has 42 heavy (non-hydrogen) atoms. The second kappa shape index (κ2) is 14.7. The van der Waals surface area contributed by atoms with Gasteiger partial charge in [0.15, 0.2) is 0 Å². The van der Waals surface area contributed by atoms with Gasteiger partial charge in [-0.05, 0) is 13.8 Å². The van der Waals surface area contributed by atoms with E-state index in [4.69, 9.17) is 0 Å². The highest BCUT2D eigenvalue weighted by Gasteiger charge is 2.31. The van der Waals surface area contributed by atoms with Crippen LogP contribution < -0.4 is 41.3 Å². The van der Waals surface area contributed by atoms with Crippen LogP contribution in [0.5, 0.6) is 0 Å². The SMILES string of the molecule is CC(NC(=O)NSP(=O)(c1ccccc1)c1ccccc1)C(C)NC(=O)NSP(=O)(c1ccccc1)c1ccccc1. The van der Waals surface area contributed by atoms with Crippen molar-refractivity contribution in [3.05, 3.63) is 121 Å². The number of amides is 4. The first-order valence-electron chi connectivity index (χ1n) is 13.1. The molecule has 0 saturated heterocycles. The van der Waals surface area contributed by atoms with E-state index in [0.29, 0.717) is 21.2 Å². The number of nitrogens with one attached hydrogen (secondary N) is 4. The minimum Gasteiger partial charge on any atom is -0.333 e. The van der Waals surface area contributed by atoms with Crippen molar-refractivity contribution in [2.75, 3.05) is 0 Å². The molecule has 218 valence electrons. The normalized spacial score (nSPS) is 12.9. The summed E-state index contributed by atoms with van der Waals surface area (Å²) < 4.78 is 33.5. The third-order valence-corrected chi connectivity index (χ3v) is 16.0. The smallest absolute Gasteiger partial charge is 0.325 e. The van der Waals surface area contributed by atoms with Crippen molar-refractivity contribution < 1.29 is 18.7 Å². The summed E-state index contributed by atoms with van der Waals surface area (Å²) in [5.41, 5.74) is 0. The van der Waals surface area contributed by atoms with E-state index in [9.17, 15) is 18.7 Å². The number of hydrogen-bond acceptors (Lipinski definition) is 6. The first-order valence-corrected chi connectivity index (χ1v) is 19.4. The van der Waals surface area contributed by atoms with Crippen LogP contribution in [0, 0.1) is 0 Å². The lowest BCUT2D eigenvalue weighted by molar-refractivity contribution is 0.233. The number of rotatable bonds is 11. The minimum atomic E-state index is -3.21. The lowest BCUT2D eigenvalue weighted by Crippen LogP contribution is -2.51. The molecule has 0 aromatic heterocycles. The Morgan fingerprint density at radius 3 is 0.976 bits per heavy atom. The summed E-state index contributed by atoms with van der Waals surface area (Å²) >= 11 is 1.74. The van der Waals surface area contributed by atoms with Gasteiger partial charge < -0.3 is 19.8 Å². The van der Waals surface area contributed by atoms with E-state index in [2.05, 4.69) is 20.1 Å². The predicted molar refractivity (Wildman–Crippen MR) is 177 cm³/mol. The van der Waals surface area contributed by atoms with E-state index in [0.717, 1.165) is 23.1 Å². The van der Waals surface area contributed by atoms with Gasteiger partial charge in [-0.15, -0.1) is 0 Å². The van der Waals surface area contributed by atoms with Gasteiger partial charge in [0, 0.05) is 56.4 Å².